The minimum atomic E-state index is -0.736. The fourth-order valence-electron chi connectivity index (χ4n) is 2.82. The Labute approximate surface area is 161 Å². The first kappa shape index (κ1) is 18.5. The number of hydrogen-bond acceptors (Lipinski definition) is 4. The normalized spacial score (nSPS) is 13.5. The van der Waals surface area contributed by atoms with E-state index < -0.39 is 18.5 Å². The second-order valence-corrected chi connectivity index (χ2v) is 6.78. The molecule has 1 heterocycles. The molecule has 1 saturated heterocycles. The molecule has 2 aromatic carbocycles. The van der Waals surface area contributed by atoms with Gasteiger partial charge in [-0.05, 0) is 49.2 Å². The highest BCUT2D eigenvalue weighted by Crippen LogP contribution is 2.25. The van der Waals surface area contributed by atoms with E-state index in [1.165, 1.54) is 25.0 Å². The van der Waals surface area contributed by atoms with Gasteiger partial charge in [-0.3, -0.25) is 4.79 Å². The van der Waals surface area contributed by atoms with Crippen molar-refractivity contribution in [1.29, 1.82) is 0 Å². The predicted molar refractivity (Wildman–Crippen MR) is 103 cm³/mol. The van der Waals surface area contributed by atoms with Gasteiger partial charge in [0.1, 0.15) is 0 Å². The zero-order valence-corrected chi connectivity index (χ0v) is 15.5. The Balaban J connectivity index is 1.53. The topological polar surface area (TPSA) is 58.6 Å². The summed E-state index contributed by atoms with van der Waals surface area (Å²) < 4.78 is 5.00. The van der Waals surface area contributed by atoms with E-state index in [4.69, 9.17) is 27.9 Å². The Hall–Kier alpha value is -2.24. The molecule has 26 heavy (non-hydrogen) atoms. The zero-order chi connectivity index (χ0) is 18.5. The van der Waals surface area contributed by atoms with Crippen LogP contribution in [-0.4, -0.2) is 31.6 Å². The van der Waals surface area contributed by atoms with E-state index in [1.54, 1.807) is 6.07 Å². The monoisotopic (exact) mass is 392 g/mol. The average molecular weight is 393 g/mol. The van der Waals surface area contributed by atoms with Crippen LogP contribution in [0.1, 0.15) is 23.2 Å². The predicted octanol–water partition coefficient (Wildman–Crippen LogP) is 4.39. The van der Waals surface area contributed by atoms with E-state index in [-0.39, 0.29) is 15.6 Å². The van der Waals surface area contributed by atoms with Crippen molar-refractivity contribution in [3.63, 3.8) is 0 Å². The summed E-state index contributed by atoms with van der Waals surface area (Å²) in [6.07, 6.45) is 2.42. The van der Waals surface area contributed by atoms with Gasteiger partial charge in [0.15, 0.2) is 6.61 Å². The third-order valence-electron chi connectivity index (χ3n) is 4.12. The summed E-state index contributed by atoms with van der Waals surface area (Å²) in [7, 11) is 0. The number of hydrogen-bond donors (Lipinski definition) is 1. The molecule has 0 bridgehead atoms. The van der Waals surface area contributed by atoms with Crippen molar-refractivity contribution in [2.45, 2.75) is 12.8 Å². The van der Waals surface area contributed by atoms with Crippen LogP contribution in [0.3, 0.4) is 0 Å². The molecule has 0 spiro atoms. The van der Waals surface area contributed by atoms with Gasteiger partial charge in [0.05, 0.1) is 15.6 Å². The van der Waals surface area contributed by atoms with Gasteiger partial charge in [-0.1, -0.05) is 29.3 Å². The summed E-state index contributed by atoms with van der Waals surface area (Å²) in [5, 5.41) is 3.06. The molecule has 3 rings (SSSR count). The van der Waals surface area contributed by atoms with Gasteiger partial charge in [-0.2, -0.15) is 0 Å². The van der Waals surface area contributed by atoms with Gasteiger partial charge in [-0.25, -0.2) is 4.79 Å². The number of rotatable bonds is 5. The Bertz CT molecular complexity index is 783. The number of esters is 1. The van der Waals surface area contributed by atoms with E-state index in [2.05, 4.69) is 10.2 Å². The van der Waals surface area contributed by atoms with E-state index in [0.29, 0.717) is 5.69 Å². The van der Waals surface area contributed by atoms with E-state index >= 15 is 0 Å². The summed E-state index contributed by atoms with van der Waals surface area (Å²) >= 11 is 11.9. The summed E-state index contributed by atoms with van der Waals surface area (Å²) in [6, 6.07) is 12.3. The van der Waals surface area contributed by atoms with Gasteiger partial charge >= 0.3 is 5.97 Å². The summed E-state index contributed by atoms with van der Waals surface area (Å²) in [5.74, 6) is -1.17. The molecular formula is C19H18Cl2N2O3. The standard InChI is InChI=1S/C19H18Cl2N2O3/c20-15-4-3-5-16(21)18(15)19(25)26-12-17(24)22-13-6-8-14(9-7-13)23-10-1-2-11-23/h3-9H,1-2,10-12H2,(H,22,24). The number of halogens is 2. The van der Waals surface area contributed by atoms with E-state index in [0.717, 1.165) is 18.8 Å². The van der Waals surface area contributed by atoms with Crippen molar-refractivity contribution in [1.82, 2.24) is 0 Å². The number of carbonyl (C=O) groups excluding carboxylic acids is 2. The van der Waals surface area contributed by atoms with Crippen LogP contribution in [0.15, 0.2) is 42.5 Å². The zero-order valence-electron chi connectivity index (χ0n) is 14.0. The Morgan fingerprint density at radius 2 is 1.62 bits per heavy atom. The second kappa shape index (κ2) is 8.43. The first-order valence-corrected chi connectivity index (χ1v) is 9.06. The number of nitrogens with zero attached hydrogens (tertiary/aromatic N) is 1. The lowest BCUT2D eigenvalue weighted by Crippen LogP contribution is -2.21. The van der Waals surface area contributed by atoms with Crippen molar-refractivity contribution in [2.75, 3.05) is 29.9 Å². The number of benzene rings is 2. The van der Waals surface area contributed by atoms with Crippen molar-refractivity contribution >= 4 is 46.5 Å². The molecule has 0 saturated carbocycles. The lowest BCUT2D eigenvalue weighted by molar-refractivity contribution is -0.119. The molecule has 1 amide bonds. The maximum absolute atomic E-state index is 12.1. The molecule has 1 N–H and O–H groups in total. The molecule has 0 atom stereocenters. The van der Waals surface area contributed by atoms with Gasteiger partial charge in [0.25, 0.3) is 5.91 Å². The molecule has 0 aliphatic carbocycles. The summed E-state index contributed by atoms with van der Waals surface area (Å²) in [5.41, 5.74) is 1.84. The molecule has 1 fully saturated rings. The van der Waals surface area contributed by atoms with Crippen molar-refractivity contribution < 1.29 is 14.3 Å². The number of carbonyl (C=O) groups is 2. The molecule has 5 nitrogen and oxygen atoms in total. The molecule has 1 aliphatic heterocycles. The SMILES string of the molecule is O=C(COC(=O)c1c(Cl)cccc1Cl)Nc1ccc(N2CCCC2)cc1. The molecule has 0 unspecified atom stereocenters. The van der Waals surface area contributed by atoms with Crippen molar-refractivity contribution in [3.05, 3.63) is 58.1 Å². The third-order valence-corrected chi connectivity index (χ3v) is 4.75. The number of anilines is 2. The molecule has 0 aromatic heterocycles. The first-order valence-electron chi connectivity index (χ1n) is 8.30. The van der Waals surface area contributed by atoms with Crippen molar-refractivity contribution in [2.24, 2.45) is 0 Å². The lowest BCUT2D eigenvalue weighted by Gasteiger charge is -2.17. The third kappa shape index (κ3) is 4.48. The fraction of sp³-hybridized carbons (Fsp3) is 0.263. The van der Waals surface area contributed by atoms with Gasteiger partial charge < -0.3 is 15.0 Å². The molecule has 7 heteroatoms. The van der Waals surface area contributed by atoms with Crippen LogP contribution in [0.4, 0.5) is 11.4 Å². The fourth-order valence-corrected chi connectivity index (χ4v) is 3.38. The van der Waals surface area contributed by atoms with Crippen LogP contribution in [-0.2, 0) is 9.53 Å². The van der Waals surface area contributed by atoms with Gasteiger partial charge in [0.2, 0.25) is 0 Å². The van der Waals surface area contributed by atoms with Crippen molar-refractivity contribution in [3.8, 4) is 0 Å². The molecule has 2 aromatic rings. The maximum atomic E-state index is 12.1. The van der Waals surface area contributed by atoms with Crippen LogP contribution in [0.2, 0.25) is 10.0 Å². The van der Waals surface area contributed by atoms with Crippen LogP contribution < -0.4 is 10.2 Å². The maximum Gasteiger partial charge on any atom is 0.341 e. The number of amides is 1. The average Bonchev–Trinajstić information content (AvgIpc) is 3.15. The Kier molecular flexibility index (Phi) is 6.01. The minimum Gasteiger partial charge on any atom is -0.452 e. The molecule has 1 aliphatic rings. The number of ether oxygens (including phenoxy) is 1. The van der Waals surface area contributed by atoms with Crippen LogP contribution in [0.25, 0.3) is 0 Å². The van der Waals surface area contributed by atoms with Gasteiger partial charge in [0, 0.05) is 24.5 Å². The van der Waals surface area contributed by atoms with Crippen LogP contribution in [0.5, 0.6) is 0 Å². The molecule has 136 valence electrons. The highest BCUT2D eigenvalue weighted by molar-refractivity contribution is 6.39. The highest BCUT2D eigenvalue weighted by atomic mass is 35.5. The Morgan fingerprint density at radius 3 is 2.23 bits per heavy atom. The molecule has 0 radical (unpaired) electrons. The van der Waals surface area contributed by atoms with Gasteiger partial charge in [-0.15, -0.1) is 0 Å². The summed E-state index contributed by atoms with van der Waals surface area (Å²) in [4.78, 5) is 26.4. The lowest BCUT2D eigenvalue weighted by atomic mass is 10.2. The Morgan fingerprint density at radius 1 is 1.00 bits per heavy atom. The van der Waals surface area contributed by atoms with E-state index in [9.17, 15) is 9.59 Å². The largest absolute Gasteiger partial charge is 0.452 e. The minimum absolute atomic E-state index is 0.0543. The number of nitrogens with one attached hydrogen (secondary N) is 1. The highest BCUT2D eigenvalue weighted by Gasteiger charge is 2.17. The van der Waals surface area contributed by atoms with E-state index in [1.807, 2.05) is 24.3 Å². The van der Waals surface area contributed by atoms with Crippen LogP contribution in [0, 0.1) is 0 Å². The summed E-state index contributed by atoms with van der Waals surface area (Å²) in [6.45, 7) is 1.70. The first-order chi connectivity index (χ1) is 12.5. The quantitative estimate of drug-likeness (QED) is 0.766. The molecular weight excluding hydrogens is 375 g/mol. The van der Waals surface area contributed by atoms with Crippen LogP contribution >= 0.6 is 23.2 Å². The second-order valence-electron chi connectivity index (χ2n) is 5.96. The smallest absolute Gasteiger partial charge is 0.341 e.